The van der Waals surface area contributed by atoms with Crippen molar-refractivity contribution in [1.29, 1.82) is 0 Å². The van der Waals surface area contributed by atoms with Gasteiger partial charge in [-0.25, -0.2) is 0 Å². The Morgan fingerprint density at radius 3 is 1.97 bits per heavy atom. The molecule has 0 amide bonds. The maximum atomic E-state index is 6.74. The molecule has 2 rings (SSSR count). The van der Waals surface area contributed by atoms with E-state index < -0.39 is 8.32 Å². The van der Waals surface area contributed by atoms with Crippen molar-refractivity contribution < 1.29 is 28.1 Å². The average molecular weight is 533 g/mol. The summed E-state index contributed by atoms with van der Waals surface area (Å²) in [4.78, 5) is 0. The minimum absolute atomic E-state index is 0.113. The molecule has 0 bridgehead atoms. The summed E-state index contributed by atoms with van der Waals surface area (Å²) in [6.07, 6.45) is 0.891. The van der Waals surface area contributed by atoms with Gasteiger partial charge in [0.25, 0.3) is 0 Å². The van der Waals surface area contributed by atoms with Crippen LogP contribution in [0.5, 0.6) is 23.0 Å². The number of hydrogen-bond donors (Lipinski definition) is 0. The average Bonchev–Trinajstić information content (AvgIpc) is 2.85. The highest BCUT2D eigenvalue weighted by molar-refractivity contribution is 6.74. The number of rotatable bonds is 14. The molecule has 0 N–H and O–H groups in total. The SMILES string of the molecule is COc1ccc(COC[C@@H](C)C[C@H](CO[Si](C)(C)C(C)(C)C)c2cc(OC)c(OC)c(C)c2OC)cc1. The van der Waals surface area contributed by atoms with E-state index in [0.717, 1.165) is 34.6 Å². The van der Waals surface area contributed by atoms with E-state index in [1.807, 2.05) is 31.2 Å². The van der Waals surface area contributed by atoms with E-state index in [1.165, 1.54) is 0 Å². The van der Waals surface area contributed by atoms with Crippen LogP contribution in [0.3, 0.4) is 0 Å². The zero-order chi connectivity index (χ0) is 27.8. The lowest BCUT2D eigenvalue weighted by atomic mass is 9.88. The first-order valence-electron chi connectivity index (χ1n) is 13.0. The van der Waals surface area contributed by atoms with E-state index in [2.05, 4.69) is 46.9 Å². The van der Waals surface area contributed by atoms with Gasteiger partial charge in [-0.2, -0.15) is 0 Å². The molecule has 37 heavy (non-hydrogen) atoms. The maximum absolute atomic E-state index is 6.74. The molecule has 7 heteroatoms. The fourth-order valence-corrected chi connectivity index (χ4v) is 5.27. The molecule has 0 aliphatic carbocycles. The van der Waals surface area contributed by atoms with Gasteiger partial charge in [0.15, 0.2) is 19.8 Å². The summed E-state index contributed by atoms with van der Waals surface area (Å²) < 4.78 is 35.3. The van der Waals surface area contributed by atoms with Gasteiger partial charge in [0.05, 0.1) is 35.0 Å². The number of benzene rings is 2. The fraction of sp³-hybridized carbons (Fsp3) is 0.600. The molecule has 2 aromatic carbocycles. The van der Waals surface area contributed by atoms with Crippen molar-refractivity contribution in [2.45, 2.75) is 71.7 Å². The smallest absolute Gasteiger partial charge is 0.192 e. The predicted molar refractivity (Wildman–Crippen MR) is 153 cm³/mol. The van der Waals surface area contributed by atoms with Gasteiger partial charge in [-0.1, -0.05) is 39.8 Å². The molecule has 0 aliphatic rings. The third-order valence-electron chi connectivity index (χ3n) is 7.49. The minimum Gasteiger partial charge on any atom is -0.497 e. The van der Waals surface area contributed by atoms with E-state index in [9.17, 15) is 0 Å². The summed E-state index contributed by atoms with van der Waals surface area (Å²) in [5, 5.41) is 0.127. The Bertz CT molecular complexity index is 981. The lowest BCUT2D eigenvalue weighted by Crippen LogP contribution is -2.41. The normalized spacial score (nSPS) is 13.7. The molecule has 0 spiro atoms. The van der Waals surface area contributed by atoms with Gasteiger partial charge < -0.3 is 28.1 Å². The van der Waals surface area contributed by atoms with Gasteiger partial charge in [-0.15, -0.1) is 0 Å². The Hall–Kier alpha value is -2.22. The minimum atomic E-state index is -1.95. The van der Waals surface area contributed by atoms with Gasteiger partial charge in [0, 0.05) is 30.3 Å². The Balaban J connectivity index is 2.27. The first-order chi connectivity index (χ1) is 17.4. The zero-order valence-corrected chi connectivity index (χ0v) is 25.8. The topological polar surface area (TPSA) is 55.4 Å². The Morgan fingerprint density at radius 1 is 0.838 bits per heavy atom. The highest BCUT2D eigenvalue weighted by Gasteiger charge is 2.38. The molecule has 208 valence electrons. The molecule has 0 radical (unpaired) electrons. The van der Waals surface area contributed by atoms with E-state index >= 15 is 0 Å². The Morgan fingerprint density at radius 2 is 1.46 bits per heavy atom. The second-order valence-electron chi connectivity index (χ2n) is 11.3. The van der Waals surface area contributed by atoms with Crippen molar-refractivity contribution >= 4 is 8.32 Å². The van der Waals surface area contributed by atoms with E-state index in [0.29, 0.717) is 37.2 Å². The van der Waals surface area contributed by atoms with Crippen molar-refractivity contribution in [2.24, 2.45) is 5.92 Å². The van der Waals surface area contributed by atoms with Crippen molar-refractivity contribution in [2.75, 3.05) is 41.7 Å². The number of methoxy groups -OCH3 is 4. The van der Waals surface area contributed by atoms with Gasteiger partial charge in [-0.05, 0) is 61.2 Å². The van der Waals surface area contributed by atoms with Gasteiger partial charge >= 0.3 is 0 Å². The van der Waals surface area contributed by atoms with Gasteiger partial charge in [-0.3, -0.25) is 0 Å². The van der Waals surface area contributed by atoms with Gasteiger partial charge in [0.1, 0.15) is 11.5 Å². The second kappa shape index (κ2) is 13.5. The van der Waals surface area contributed by atoms with Crippen LogP contribution in [0, 0.1) is 12.8 Å². The van der Waals surface area contributed by atoms with Crippen LogP contribution in [0.2, 0.25) is 18.1 Å². The Kier molecular flexibility index (Phi) is 11.3. The summed E-state index contributed by atoms with van der Waals surface area (Å²) >= 11 is 0. The molecule has 6 nitrogen and oxygen atoms in total. The van der Waals surface area contributed by atoms with Crippen LogP contribution in [0.4, 0.5) is 0 Å². The first-order valence-corrected chi connectivity index (χ1v) is 15.9. The first kappa shape index (κ1) is 31.0. The summed E-state index contributed by atoms with van der Waals surface area (Å²) in [6.45, 7) is 17.5. The summed E-state index contributed by atoms with van der Waals surface area (Å²) in [5.74, 6) is 3.50. The highest BCUT2D eigenvalue weighted by Crippen LogP contribution is 2.45. The molecule has 2 atom stereocenters. The monoisotopic (exact) mass is 532 g/mol. The van der Waals surface area contributed by atoms with Crippen LogP contribution < -0.4 is 18.9 Å². The lowest BCUT2D eigenvalue weighted by molar-refractivity contribution is 0.0843. The zero-order valence-electron chi connectivity index (χ0n) is 24.8. The van der Waals surface area contributed by atoms with Crippen LogP contribution in [0.1, 0.15) is 56.7 Å². The summed E-state index contributed by atoms with van der Waals surface area (Å²) in [5.41, 5.74) is 3.14. The van der Waals surface area contributed by atoms with Gasteiger partial charge in [0.2, 0.25) is 0 Å². The molecule has 0 aliphatic heterocycles. The molecule has 0 unspecified atom stereocenters. The molecule has 0 heterocycles. The summed E-state index contributed by atoms with van der Waals surface area (Å²) in [7, 11) is 4.77. The van der Waals surface area contributed by atoms with Crippen molar-refractivity contribution in [3.8, 4) is 23.0 Å². The van der Waals surface area contributed by atoms with Crippen LogP contribution in [0.15, 0.2) is 30.3 Å². The van der Waals surface area contributed by atoms with E-state index in [1.54, 1.807) is 28.4 Å². The van der Waals surface area contributed by atoms with Crippen molar-refractivity contribution in [1.82, 2.24) is 0 Å². The molecule has 0 saturated carbocycles. The van der Waals surface area contributed by atoms with Crippen molar-refractivity contribution in [3.63, 3.8) is 0 Å². The Labute approximate surface area is 225 Å². The summed E-state index contributed by atoms with van der Waals surface area (Å²) in [6, 6.07) is 10.0. The largest absolute Gasteiger partial charge is 0.497 e. The van der Waals surface area contributed by atoms with E-state index in [-0.39, 0.29) is 11.0 Å². The standard InChI is InChI=1S/C30H48O6Si/c1-21(18-35-19-23-12-14-25(31-6)15-13-23)16-24(20-36-37(10,11)30(3,4)5)26-17-27(32-7)29(34-9)22(2)28(26)33-8/h12-15,17,21,24H,16,18-20H2,1-11H3/t21-,24+/m0/s1. The number of hydrogen-bond acceptors (Lipinski definition) is 6. The maximum Gasteiger partial charge on any atom is 0.192 e. The van der Waals surface area contributed by atoms with Crippen LogP contribution in [-0.4, -0.2) is 50.0 Å². The molecular weight excluding hydrogens is 484 g/mol. The fourth-order valence-electron chi connectivity index (χ4n) is 4.22. The molecule has 0 saturated heterocycles. The van der Waals surface area contributed by atoms with E-state index in [4.69, 9.17) is 28.1 Å². The lowest BCUT2D eigenvalue weighted by Gasteiger charge is -2.38. The molecular formula is C30H48O6Si. The predicted octanol–water partition coefficient (Wildman–Crippen LogP) is 7.38. The number of ether oxygens (including phenoxy) is 5. The van der Waals surface area contributed by atoms with Crippen LogP contribution in [-0.2, 0) is 15.8 Å². The third-order valence-corrected chi connectivity index (χ3v) is 12.0. The van der Waals surface area contributed by atoms with Crippen LogP contribution in [0.25, 0.3) is 0 Å². The van der Waals surface area contributed by atoms with Crippen LogP contribution >= 0.6 is 0 Å². The second-order valence-corrected chi connectivity index (χ2v) is 16.1. The third kappa shape index (κ3) is 8.13. The van der Waals surface area contributed by atoms with Crippen molar-refractivity contribution in [3.05, 3.63) is 47.0 Å². The molecule has 2 aromatic rings. The highest BCUT2D eigenvalue weighted by atomic mass is 28.4. The molecule has 0 aromatic heterocycles. The molecule has 0 fully saturated rings. The quantitative estimate of drug-likeness (QED) is 0.237.